The monoisotopic (exact) mass is 447 g/mol. The number of fused-ring (bicyclic) bond motifs is 5. The van der Waals surface area contributed by atoms with Gasteiger partial charge in [0.15, 0.2) is 5.60 Å². The average Bonchev–Trinajstić information content (AvgIpc) is 3.20. The van der Waals surface area contributed by atoms with E-state index in [1.54, 1.807) is 17.6 Å². The van der Waals surface area contributed by atoms with E-state index in [2.05, 4.69) is 10.5 Å². The average molecular weight is 447 g/mol. The summed E-state index contributed by atoms with van der Waals surface area (Å²) in [5.74, 6) is -1.20. The van der Waals surface area contributed by atoms with Crippen LogP contribution in [0.2, 0.25) is 0 Å². The third kappa shape index (κ3) is 3.06. The molecule has 0 radical (unpaired) electrons. The van der Waals surface area contributed by atoms with Gasteiger partial charge in [-0.2, -0.15) is 5.10 Å². The highest BCUT2D eigenvalue weighted by molar-refractivity contribution is 6.02. The van der Waals surface area contributed by atoms with E-state index in [-0.39, 0.29) is 42.8 Å². The van der Waals surface area contributed by atoms with Gasteiger partial charge in [-0.25, -0.2) is 15.2 Å². The fourth-order valence-electron chi connectivity index (χ4n) is 4.42. The molecule has 168 valence electrons. The maximum absolute atomic E-state index is 13.4. The smallest absolute Gasteiger partial charge is 0.343 e. The lowest BCUT2D eigenvalue weighted by Crippen LogP contribution is -2.44. The molecule has 5 rings (SSSR count). The molecule has 0 saturated carbocycles. The van der Waals surface area contributed by atoms with Gasteiger partial charge in [0.25, 0.3) is 11.5 Å². The van der Waals surface area contributed by atoms with Crippen molar-refractivity contribution in [1.82, 2.24) is 15.0 Å². The molecule has 4 heterocycles. The number of carbonyl (C=O) groups is 2. The van der Waals surface area contributed by atoms with Crippen LogP contribution in [0.5, 0.6) is 0 Å². The molecule has 2 aliphatic rings. The van der Waals surface area contributed by atoms with Crippen molar-refractivity contribution in [2.45, 2.75) is 32.1 Å². The number of para-hydroxylation sites is 1. The molecule has 2 aromatic heterocycles. The standard InChI is InChI=1S/C23H21N5O5/c1-2-23(32)16-7-18-20-14(10-28(18)21(30)15(16)11-33-22(23)31)13(9-25-27-19(29)8-24)12-5-3-4-6-17(12)26-20/h3-7,9,32H,2,8,10-11,24H2,1H3,(H,27,29)/t23-/m0/s1. The molecule has 10 heteroatoms. The topological polar surface area (TPSA) is 149 Å². The first-order valence-electron chi connectivity index (χ1n) is 10.5. The molecule has 1 atom stereocenters. The Morgan fingerprint density at radius 2 is 2.15 bits per heavy atom. The van der Waals surface area contributed by atoms with Crippen molar-refractivity contribution < 1.29 is 19.4 Å². The normalized spacial score (nSPS) is 18.7. The first-order chi connectivity index (χ1) is 15.9. The number of aromatic nitrogens is 2. The molecule has 1 amide bonds. The van der Waals surface area contributed by atoms with Crippen LogP contribution in [-0.2, 0) is 33.1 Å². The highest BCUT2D eigenvalue weighted by atomic mass is 16.6. The lowest BCUT2D eigenvalue weighted by molar-refractivity contribution is -0.172. The highest BCUT2D eigenvalue weighted by Gasteiger charge is 2.45. The number of hydrogen-bond acceptors (Lipinski definition) is 8. The van der Waals surface area contributed by atoms with Gasteiger partial charge >= 0.3 is 5.97 Å². The molecule has 33 heavy (non-hydrogen) atoms. The second-order valence-electron chi connectivity index (χ2n) is 7.97. The number of hydrogen-bond donors (Lipinski definition) is 3. The van der Waals surface area contributed by atoms with E-state index < -0.39 is 17.5 Å². The van der Waals surface area contributed by atoms with Crippen molar-refractivity contribution in [2.75, 3.05) is 6.54 Å². The first-order valence-corrected chi connectivity index (χ1v) is 10.5. The molecule has 0 bridgehead atoms. The van der Waals surface area contributed by atoms with Gasteiger partial charge in [0.2, 0.25) is 0 Å². The van der Waals surface area contributed by atoms with Gasteiger partial charge in [-0.05, 0) is 18.6 Å². The minimum atomic E-state index is -1.89. The summed E-state index contributed by atoms with van der Waals surface area (Å²) in [4.78, 5) is 42.0. The lowest BCUT2D eigenvalue weighted by Gasteiger charge is -2.31. The Morgan fingerprint density at radius 3 is 2.91 bits per heavy atom. The molecule has 0 spiro atoms. The molecule has 0 saturated heterocycles. The van der Waals surface area contributed by atoms with Crippen molar-refractivity contribution in [3.05, 3.63) is 62.9 Å². The molecule has 3 aromatic rings. The molecule has 1 aromatic carbocycles. The Bertz CT molecular complexity index is 1430. The van der Waals surface area contributed by atoms with Gasteiger partial charge in [0, 0.05) is 22.1 Å². The van der Waals surface area contributed by atoms with Crippen LogP contribution in [0, 0.1) is 0 Å². The van der Waals surface area contributed by atoms with E-state index in [1.807, 2.05) is 24.3 Å². The molecule has 0 fully saturated rings. The summed E-state index contributed by atoms with van der Waals surface area (Å²) >= 11 is 0. The zero-order valence-corrected chi connectivity index (χ0v) is 17.8. The SMILES string of the molecule is CC[C@@]1(O)C(=O)OCc2c1cc1n(c2=O)Cc2c-1nc1ccccc1c2C=NNC(=O)CN. The summed E-state index contributed by atoms with van der Waals surface area (Å²) in [7, 11) is 0. The fourth-order valence-corrected chi connectivity index (χ4v) is 4.42. The van der Waals surface area contributed by atoms with Crippen LogP contribution < -0.4 is 16.7 Å². The second kappa shape index (κ2) is 7.61. The number of benzene rings is 1. The van der Waals surface area contributed by atoms with Crippen molar-refractivity contribution in [2.24, 2.45) is 10.8 Å². The van der Waals surface area contributed by atoms with Crippen LogP contribution in [0.3, 0.4) is 0 Å². The molecule has 0 unspecified atom stereocenters. The number of nitrogens with one attached hydrogen (secondary N) is 1. The predicted molar refractivity (Wildman–Crippen MR) is 119 cm³/mol. The van der Waals surface area contributed by atoms with Crippen LogP contribution in [-0.4, -0.2) is 39.3 Å². The van der Waals surface area contributed by atoms with Gasteiger partial charge in [-0.1, -0.05) is 25.1 Å². The minimum Gasteiger partial charge on any atom is -0.458 e. The molecule has 10 nitrogen and oxygen atoms in total. The minimum absolute atomic E-state index is 0.0679. The quantitative estimate of drug-likeness (QED) is 0.234. The van der Waals surface area contributed by atoms with Crippen LogP contribution in [0.1, 0.15) is 35.6 Å². The van der Waals surface area contributed by atoms with E-state index in [1.165, 1.54) is 6.21 Å². The number of nitrogens with two attached hydrogens (primary N) is 1. The summed E-state index contributed by atoms with van der Waals surface area (Å²) in [6.07, 6.45) is 1.58. The summed E-state index contributed by atoms with van der Waals surface area (Å²) in [6, 6.07) is 9.09. The fraction of sp³-hybridized carbons (Fsp3) is 0.261. The van der Waals surface area contributed by atoms with Crippen molar-refractivity contribution in [1.29, 1.82) is 0 Å². The molecular weight excluding hydrogens is 426 g/mol. The first kappa shape index (κ1) is 21.0. The van der Waals surface area contributed by atoms with Gasteiger partial charge in [0.1, 0.15) is 6.61 Å². The van der Waals surface area contributed by atoms with Crippen molar-refractivity contribution in [3.63, 3.8) is 0 Å². The number of ether oxygens (including phenoxy) is 1. The van der Waals surface area contributed by atoms with Crippen LogP contribution in [0.15, 0.2) is 40.2 Å². The number of carbonyl (C=O) groups excluding carboxylic acids is 2. The number of esters is 1. The summed E-state index contributed by atoms with van der Waals surface area (Å²) in [5.41, 5.74) is 9.13. The molecule has 0 aliphatic carbocycles. The Hall–Kier alpha value is -3.89. The third-order valence-corrected chi connectivity index (χ3v) is 6.21. The van der Waals surface area contributed by atoms with Crippen molar-refractivity contribution in [3.8, 4) is 11.4 Å². The van der Waals surface area contributed by atoms with E-state index in [9.17, 15) is 19.5 Å². The number of cyclic esters (lactones) is 1. The Kier molecular flexibility index (Phi) is 4.84. The van der Waals surface area contributed by atoms with Gasteiger partial charge in [-0.15, -0.1) is 0 Å². The van der Waals surface area contributed by atoms with E-state index in [0.717, 1.165) is 10.9 Å². The van der Waals surface area contributed by atoms with Gasteiger partial charge in [-0.3, -0.25) is 9.59 Å². The molecule has 2 aliphatic heterocycles. The Morgan fingerprint density at radius 1 is 1.36 bits per heavy atom. The zero-order valence-electron chi connectivity index (χ0n) is 17.8. The maximum atomic E-state index is 13.4. The number of aliphatic hydroxyl groups is 1. The van der Waals surface area contributed by atoms with Crippen molar-refractivity contribution >= 4 is 29.0 Å². The number of pyridine rings is 2. The van der Waals surface area contributed by atoms with Gasteiger partial charge in [0.05, 0.1) is 41.8 Å². The Labute approximate surface area is 187 Å². The molecular formula is C23H21N5O5. The number of hydrazone groups is 1. The predicted octanol–water partition coefficient (Wildman–Crippen LogP) is 0.488. The van der Waals surface area contributed by atoms with Crippen LogP contribution in [0.25, 0.3) is 22.3 Å². The van der Waals surface area contributed by atoms with Gasteiger partial charge < -0.3 is 20.1 Å². The summed E-state index contributed by atoms with van der Waals surface area (Å²) in [6.45, 7) is 1.49. The highest BCUT2D eigenvalue weighted by Crippen LogP contribution is 2.39. The second-order valence-corrected chi connectivity index (χ2v) is 7.97. The largest absolute Gasteiger partial charge is 0.458 e. The van der Waals surface area contributed by atoms with E-state index in [0.29, 0.717) is 22.5 Å². The third-order valence-electron chi connectivity index (χ3n) is 6.21. The maximum Gasteiger partial charge on any atom is 0.343 e. The lowest BCUT2D eigenvalue weighted by atomic mass is 9.86. The van der Waals surface area contributed by atoms with E-state index in [4.69, 9.17) is 15.5 Å². The molecule has 4 N–H and O–H groups in total. The summed E-state index contributed by atoms with van der Waals surface area (Å²) in [5, 5.41) is 15.8. The Balaban J connectivity index is 1.74. The van der Waals surface area contributed by atoms with Crippen LogP contribution in [0.4, 0.5) is 0 Å². The number of amides is 1. The van der Waals surface area contributed by atoms with E-state index >= 15 is 0 Å². The summed E-state index contributed by atoms with van der Waals surface area (Å²) < 4.78 is 6.67. The zero-order chi connectivity index (χ0) is 23.3. The number of nitrogens with zero attached hydrogens (tertiary/aromatic N) is 3. The number of rotatable bonds is 4. The van der Waals surface area contributed by atoms with Crippen LogP contribution >= 0.6 is 0 Å².